The van der Waals surface area contributed by atoms with Crippen molar-refractivity contribution >= 4 is 0 Å². The smallest absolute Gasteiger partial charge is 0.0775 e. The van der Waals surface area contributed by atoms with Crippen molar-refractivity contribution in [3.8, 4) is 0 Å². The molecule has 0 bridgehead atoms. The van der Waals surface area contributed by atoms with Crippen molar-refractivity contribution in [3.63, 3.8) is 0 Å². The molecule has 1 aliphatic heterocycles. The van der Waals surface area contributed by atoms with E-state index in [0.29, 0.717) is 12.2 Å². The van der Waals surface area contributed by atoms with Gasteiger partial charge in [-0.1, -0.05) is 0 Å². The average Bonchev–Trinajstić information content (AvgIpc) is 3.05. The first-order valence-corrected chi connectivity index (χ1v) is 7.55. The zero-order chi connectivity index (χ0) is 13.4. The first-order valence-electron chi connectivity index (χ1n) is 7.55. The van der Waals surface area contributed by atoms with Gasteiger partial charge in [0.1, 0.15) is 0 Å². The maximum Gasteiger partial charge on any atom is 0.0775 e. The van der Waals surface area contributed by atoms with Crippen LogP contribution in [0.2, 0.25) is 0 Å². The average molecular weight is 263 g/mol. The summed E-state index contributed by atoms with van der Waals surface area (Å²) >= 11 is 0. The van der Waals surface area contributed by atoms with Crippen LogP contribution in [0, 0.1) is 13.8 Å². The highest BCUT2D eigenvalue weighted by atomic mass is 16.5. The molecular weight excluding hydrogens is 238 g/mol. The molecule has 1 aromatic heterocycles. The predicted molar refractivity (Wildman–Crippen MR) is 75.1 cm³/mol. The van der Waals surface area contributed by atoms with Gasteiger partial charge >= 0.3 is 0 Å². The molecule has 19 heavy (non-hydrogen) atoms. The third-order valence-corrected chi connectivity index (χ3v) is 4.37. The molecule has 2 fully saturated rings. The minimum atomic E-state index is 0.345. The van der Waals surface area contributed by atoms with Gasteiger partial charge < -0.3 is 10.1 Å². The van der Waals surface area contributed by atoms with Gasteiger partial charge in [-0.25, -0.2) is 0 Å². The molecule has 2 aliphatic rings. The van der Waals surface area contributed by atoms with Crippen molar-refractivity contribution in [2.45, 2.75) is 77.8 Å². The quantitative estimate of drug-likeness (QED) is 0.886. The minimum Gasteiger partial charge on any atom is -0.373 e. The lowest BCUT2D eigenvalue weighted by Crippen LogP contribution is -2.19. The zero-order valence-corrected chi connectivity index (χ0v) is 12.3. The summed E-state index contributed by atoms with van der Waals surface area (Å²) in [5, 5.41) is 8.28. The maximum absolute atomic E-state index is 5.90. The van der Waals surface area contributed by atoms with E-state index in [1.165, 1.54) is 30.5 Å². The minimum absolute atomic E-state index is 0.345. The molecule has 2 heterocycles. The van der Waals surface area contributed by atoms with Gasteiger partial charge in [0, 0.05) is 23.8 Å². The third-order valence-electron chi connectivity index (χ3n) is 4.37. The summed E-state index contributed by atoms with van der Waals surface area (Å²) < 4.78 is 8.04. The molecule has 4 heteroatoms. The van der Waals surface area contributed by atoms with Crippen LogP contribution in [0.5, 0.6) is 0 Å². The molecule has 0 amide bonds. The van der Waals surface area contributed by atoms with Gasteiger partial charge in [0.25, 0.3) is 0 Å². The molecule has 4 nitrogen and oxygen atoms in total. The second-order valence-electron chi connectivity index (χ2n) is 6.13. The number of ether oxygens (including phenoxy) is 1. The van der Waals surface area contributed by atoms with E-state index >= 15 is 0 Å². The van der Waals surface area contributed by atoms with Crippen molar-refractivity contribution in [2.24, 2.45) is 0 Å². The number of rotatable bonds is 5. The molecule has 1 N–H and O–H groups in total. The first kappa shape index (κ1) is 13.1. The van der Waals surface area contributed by atoms with Gasteiger partial charge in [0.2, 0.25) is 0 Å². The fraction of sp³-hybridized carbons (Fsp3) is 0.800. The molecule has 2 unspecified atom stereocenters. The Labute approximate surface area is 115 Å². The van der Waals surface area contributed by atoms with E-state index in [2.05, 4.69) is 30.8 Å². The van der Waals surface area contributed by atoms with Gasteiger partial charge in [0.15, 0.2) is 0 Å². The lowest BCUT2D eigenvalue weighted by atomic mass is 10.2. The van der Waals surface area contributed by atoms with Crippen molar-refractivity contribution in [1.82, 2.24) is 15.1 Å². The van der Waals surface area contributed by atoms with E-state index in [4.69, 9.17) is 9.84 Å². The van der Waals surface area contributed by atoms with Crippen LogP contribution in [0.4, 0.5) is 0 Å². The lowest BCUT2D eigenvalue weighted by Gasteiger charge is -2.12. The van der Waals surface area contributed by atoms with E-state index < -0.39 is 0 Å². The standard InChI is InChI=1S/C15H25N3O/c1-10-4-7-14(19-10)9-18-12(3)15(11(2)17-18)8-16-13-5-6-13/h10,13-14,16H,4-9H2,1-3H3. The van der Waals surface area contributed by atoms with Crippen LogP contribution in [-0.4, -0.2) is 28.0 Å². The summed E-state index contributed by atoms with van der Waals surface area (Å²) in [5.41, 5.74) is 3.84. The second kappa shape index (κ2) is 5.25. The van der Waals surface area contributed by atoms with Crippen LogP contribution in [0.3, 0.4) is 0 Å². The number of hydrogen-bond donors (Lipinski definition) is 1. The van der Waals surface area contributed by atoms with Gasteiger partial charge in [-0.3, -0.25) is 4.68 Å². The van der Waals surface area contributed by atoms with Gasteiger partial charge in [-0.15, -0.1) is 0 Å². The highest BCUT2D eigenvalue weighted by Gasteiger charge is 2.25. The molecular formula is C15H25N3O. The number of hydrogen-bond acceptors (Lipinski definition) is 3. The first-order chi connectivity index (χ1) is 9.13. The summed E-state index contributed by atoms with van der Waals surface area (Å²) in [7, 11) is 0. The number of aryl methyl sites for hydroxylation is 1. The molecule has 0 aromatic carbocycles. The number of aromatic nitrogens is 2. The Morgan fingerprint density at radius 2 is 2.05 bits per heavy atom. The molecule has 1 aromatic rings. The van der Waals surface area contributed by atoms with Gasteiger partial charge in [-0.05, 0) is 46.5 Å². The fourth-order valence-electron chi connectivity index (χ4n) is 2.91. The highest BCUT2D eigenvalue weighted by Crippen LogP contribution is 2.23. The van der Waals surface area contributed by atoms with Crippen LogP contribution in [-0.2, 0) is 17.8 Å². The molecule has 2 atom stereocenters. The molecule has 1 saturated carbocycles. The summed E-state index contributed by atoms with van der Waals surface area (Å²) in [6.07, 6.45) is 5.77. The Kier molecular flexibility index (Phi) is 3.63. The summed E-state index contributed by atoms with van der Waals surface area (Å²) in [6.45, 7) is 8.32. The fourth-order valence-corrected chi connectivity index (χ4v) is 2.91. The van der Waals surface area contributed by atoms with Gasteiger partial charge in [-0.2, -0.15) is 5.10 Å². The Hall–Kier alpha value is -0.870. The highest BCUT2D eigenvalue weighted by molar-refractivity contribution is 5.24. The Morgan fingerprint density at radius 1 is 1.26 bits per heavy atom. The van der Waals surface area contributed by atoms with Crippen LogP contribution < -0.4 is 5.32 Å². The Balaban J connectivity index is 1.65. The molecule has 0 spiro atoms. The van der Waals surface area contributed by atoms with Crippen LogP contribution in [0.1, 0.15) is 49.6 Å². The maximum atomic E-state index is 5.90. The van der Waals surface area contributed by atoms with E-state index in [-0.39, 0.29) is 0 Å². The summed E-state index contributed by atoms with van der Waals surface area (Å²) in [5.74, 6) is 0. The topological polar surface area (TPSA) is 39.1 Å². The SMILES string of the molecule is Cc1nn(CC2CCC(C)O2)c(C)c1CNC1CC1. The van der Waals surface area contributed by atoms with E-state index in [0.717, 1.165) is 31.2 Å². The third kappa shape index (κ3) is 3.00. The molecule has 0 radical (unpaired) electrons. The molecule has 3 rings (SSSR count). The largest absolute Gasteiger partial charge is 0.373 e. The van der Waals surface area contributed by atoms with Crippen LogP contribution in [0.25, 0.3) is 0 Å². The van der Waals surface area contributed by atoms with Crippen molar-refractivity contribution < 1.29 is 4.74 Å². The zero-order valence-electron chi connectivity index (χ0n) is 12.3. The van der Waals surface area contributed by atoms with E-state index in [1.54, 1.807) is 0 Å². The van der Waals surface area contributed by atoms with Crippen LogP contribution >= 0.6 is 0 Å². The molecule has 1 saturated heterocycles. The van der Waals surface area contributed by atoms with Crippen molar-refractivity contribution in [3.05, 3.63) is 17.0 Å². The second-order valence-corrected chi connectivity index (χ2v) is 6.13. The molecule has 1 aliphatic carbocycles. The Morgan fingerprint density at radius 3 is 2.68 bits per heavy atom. The predicted octanol–water partition coefficient (Wildman–Crippen LogP) is 2.32. The Bertz CT molecular complexity index is 450. The van der Waals surface area contributed by atoms with Crippen molar-refractivity contribution in [1.29, 1.82) is 0 Å². The lowest BCUT2D eigenvalue weighted by molar-refractivity contribution is 0.0433. The summed E-state index contributed by atoms with van der Waals surface area (Å²) in [6, 6.07) is 0.751. The summed E-state index contributed by atoms with van der Waals surface area (Å²) in [4.78, 5) is 0. The van der Waals surface area contributed by atoms with E-state index in [9.17, 15) is 0 Å². The monoisotopic (exact) mass is 263 g/mol. The van der Waals surface area contributed by atoms with Crippen molar-refractivity contribution in [2.75, 3.05) is 0 Å². The van der Waals surface area contributed by atoms with Crippen LogP contribution in [0.15, 0.2) is 0 Å². The van der Waals surface area contributed by atoms with Gasteiger partial charge in [0.05, 0.1) is 24.4 Å². The van der Waals surface area contributed by atoms with E-state index in [1.807, 2.05) is 0 Å². The number of nitrogens with one attached hydrogen (secondary N) is 1. The molecule has 106 valence electrons. The number of nitrogens with zero attached hydrogens (tertiary/aromatic N) is 2. The normalized spacial score (nSPS) is 27.1.